The molecule has 1 aliphatic rings. The van der Waals surface area contributed by atoms with Crippen LogP contribution in [0.3, 0.4) is 0 Å². The normalized spacial score (nSPS) is 24.0. The number of hydrogen-bond donors (Lipinski definition) is 2. The average Bonchev–Trinajstić information content (AvgIpc) is 2.66. The van der Waals surface area contributed by atoms with Gasteiger partial charge in [0, 0.05) is 24.5 Å². The third-order valence-corrected chi connectivity index (χ3v) is 3.35. The van der Waals surface area contributed by atoms with E-state index in [4.69, 9.17) is 0 Å². The maximum atomic E-state index is 9.22. The number of likely N-dealkylation sites (tertiary alicyclic amines) is 1. The summed E-state index contributed by atoms with van der Waals surface area (Å²) in [6.07, 6.45) is 1.18. The fraction of sp³-hybridized carbons (Fsp3) is 1.00. The summed E-state index contributed by atoms with van der Waals surface area (Å²) in [6, 6.07) is 0.617. The fourth-order valence-electron chi connectivity index (χ4n) is 2.07. The molecule has 15 heavy (non-hydrogen) atoms. The van der Waals surface area contributed by atoms with Crippen molar-refractivity contribution in [3.8, 4) is 0 Å². The zero-order valence-electron chi connectivity index (χ0n) is 10.1. The first-order valence-corrected chi connectivity index (χ1v) is 5.61. The predicted molar refractivity (Wildman–Crippen MR) is 60.8 cm³/mol. The molecule has 0 aliphatic carbocycles. The van der Waals surface area contributed by atoms with Crippen molar-refractivity contribution in [1.29, 1.82) is 0 Å². The molecular weight excluding hydrogens is 192 g/mol. The Bertz CT molecular complexity index is 193. The summed E-state index contributed by atoms with van der Waals surface area (Å²) in [5.74, 6) is 0. The van der Waals surface area contributed by atoms with Gasteiger partial charge in [-0.3, -0.25) is 0 Å². The van der Waals surface area contributed by atoms with Crippen LogP contribution in [0.25, 0.3) is 0 Å². The van der Waals surface area contributed by atoms with Gasteiger partial charge in [-0.25, -0.2) is 0 Å². The van der Waals surface area contributed by atoms with Gasteiger partial charge < -0.3 is 20.0 Å². The van der Waals surface area contributed by atoms with Crippen LogP contribution in [0.4, 0.5) is 0 Å². The van der Waals surface area contributed by atoms with Gasteiger partial charge in [0.05, 0.1) is 13.2 Å². The minimum absolute atomic E-state index is 0.0482. The van der Waals surface area contributed by atoms with Gasteiger partial charge in [-0.05, 0) is 27.1 Å². The molecule has 0 aromatic rings. The van der Waals surface area contributed by atoms with E-state index in [1.807, 2.05) is 6.92 Å². The van der Waals surface area contributed by atoms with Crippen LogP contribution in [0.1, 0.15) is 13.3 Å². The van der Waals surface area contributed by atoms with Gasteiger partial charge in [0.2, 0.25) is 0 Å². The van der Waals surface area contributed by atoms with Gasteiger partial charge in [-0.2, -0.15) is 0 Å². The summed E-state index contributed by atoms with van der Waals surface area (Å²) >= 11 is 0. The first-order chi connectivity index (χ1) is 7.00. The number of aliphatic hydroxyl groups is 2. The highest BCUT2D eigenvalue weighted by molar-refractivity contribution is 4.85. The average molecular weight is 216 g/mol. The monoisotopic (exact) mass is 216 g/mol. The van der Waals surface area contributed by atoms with Gasteiger partial charge in [-0.1, -0.05) is 6.92 Å². The van der Waals surface area contributed by atoms with Crippen molar-refractivity contribution in [3.63, 3.8) is 0 Å². The quantitative estimate of drug-likeness (QED) is 0.657. The van der Waals surface area contributed by atoms with Crippen LogP contribution in [-0.2, 0) is 0 Å². The summed E-state index contributed by atoms with van der Waals surface area (Å²) in [5, 5.41) is 18.4. The summed E-state index contributed by atoms with van der Waals surface area (Å²) < 4.78 is 0. The molecule has 1 atom stereocenters. The van der Waals surface area contributed by atoms with E-state index >= 15 is 0 Å². The third-order valence-electron chi connectivity index (χ3n) is 3.35. The molecule has 0 aromatic carbocycles. The van der Waals surface area contributed by atoms with Crippen molar-refractivity contribution in [2.45, 2.75) is 19.4 Å². The van der Waals surface area contributed by atoms with Crippen molar-refractivity contribution in [2.24, 2.45) is 5.41 Å². The lowest BCUT2D eigenvalue weighted by molar-refractivity contribution is 0.0400. The van der Waals surface area contributed by atoms with E-state index in [1.165, 1.54) is 6.42 Å². The Labute approximate surface area is 92.5 Å². The molecule has 4 nitrogen and oxygen atoms in total. The number of nitrogens with zero attached hydrogens (tertiary/aromatic N) is 2. The molecule has 1 fully saturated rings. The van der Waals surface area contributed by atoms with E-state index in [0.29, 0.717) is 6.04 Å². The fourth-order valence-corrected chi connectivity index (χ4v) is 2.07. The molecule has 0 amide bonds. The first kappa shape index (κ1) is 12.9. The summed E-state index contributed by atoms with van der Waals surface area (Å²) in [7, 11) is 4.21. The molecule has 2 N–H and O–H groups in total. The van der Waals surface area contributed by atoms with E-state index in [1.54, 1.807) is 0 Å². The maximum absolute atomic E-state index is 9.22. The van der Waals surface area contributed by atoms with E-state index in [2.05, 4.69) is 23.9 Å². The minimum atomic E-state index is -0.360. The zero-order valence-corrected chi connectivity index (χ0v) is 10.1. The van der Waals surface area contributed by atoms with Crippen molar-refractivity contribution >= 4 is 0 Å². The molecule has 0 radical (unpaired) electrons. The van der Waals surface area contributed by atoms with Crippen LogP contribution < -0.4 is 0 Å². The van der Waals surface area contributed by atoms with Gasteiger partial charge >= 0.3 is 0 Å². The molecule has 1 saturated heterocycles. The molecule has 0 spiro atoms. The zero-order chi connectivity index (χ0) is 11.5. The molecule has 1 aliphatic heterocycles. The largest absolute Gasteiger partial charge is 0.396 e. The Kier molecular flexibility index (Phi) is 4.52. The maximum Gasteiger partial charge on any atom is 0.0519 e. The second-order valence-electron chi connectivity index (χ2n) is 5.27. The molecule has 90 valence electrons. The molecule has 1 heterocycles. The van der Waals surface area contributed by atoms with Crippen molar-refractivity contribution < 1.29 is 10.2 Å². The smallest absolute Gasteiger partial charge is 0.0519 e. The third kappa shape index (κ3) is 3.41. The van der Waals surface area contributed by atoms with Crippen LogP contribution in [0.2, 0.25) is 0 Å². The summed E-state index contributed by atoms with van der Waals surface area (Å²) in [6.45, 7) is 4.92. The lowest BCUT2D eigenvalue weighted by Gasteiger charge is -2.30. The Balaban J connectivity index is 2.41. The first-order valence-electron chi connectivity index (χ1n) is 5.61. The molecule has 0 saturated carbocycles. The van der Waals surface area contributed by atoms with Crippen LogP contribution >= 0.6 is 0 Å². The van der Waals surface area contributed by atoms with E-state index in [9.17, 15) is 10.2 Å². The molecule has 1 unspecified atom stereocenters. The van der Waals surface area contributed by atoms with E-state index in [0.717, 1.165) is 19.6 Å². The SMILES string of the molecule is CN(C)C1CCN(CC(C)(CO)CO)C1. The second kappa shape index (κ2) is 5.25. The second-order valence-corrected chi connectivity index (χ2v) is 5.27. The number of hydrogen-bond acceptors (Lipinski definition) is 4. The highest BCUT2D eigenvalue weighted by Gasteiger charge is 2.30. The number of rotatable bonds is 5. The minimum Gasteiger partial charge on any atom is -0.396 e. The van der Waals surface area contributed by atoms with Gasteiger partial charge in [0.1, 0.15) is 0 Å². The molecule has 1 rings (SSSR count). The van der Waals surface area contributed by atoms with Crippen molar-refractivity contribution in [1.82, 2.24) is 9.80 Å². The lowest BCUT2D eigenvalue weighted by Crippen LogP contribution is -2.41. The highest BCUT2D eigenvalue weighted by Crippen LogP contribution is 2.21. The molecule has 4 heteroatoms. The van der Waals surface area contributed by atoms with Gasteiger partial charge in [0.15, 0.2) is 0 Å². The van der Waals surface area contributed by atoms with Crippen LogP contribution in [0.15, 0.2) is 0 Å². The summed E-state index contributed by atoms with van der Waals surface area (Å²) in [5.41, 5.74) is -0.360. The van der Waals surface area contributed by atoms with E-state index in [-0.39, 0.29) is 18.6 Å². The molecule has 0 aromatic heterocycles. The van der Waals surface area contributed by atoms with Crippen molar-refractivity contribution in [2.75, 3.05) is 46.9 Å². The van der Waals surface area contributed by atoms with Crippen LogP contribution in [-0.4, -0.2) is 73.0 Å². The topological polar surface area (TPSA) is 46.9 Å². The molecule has 0 bridgehead atoms. The Morgan fingerprint density at radius 1 is 1.33 bits per heavy atom. The lowest BCUT2D eigenvalue weighted by atomic mass is 9.92. The van der Waals surface area contributed by atoms with Crippen molar-refractivity contribution in [3.05, 3.63) is 0 Å². The van der Waals surface area contributed by atoms with Crippen LogP contribution in [0.5, 0.6) is 0 Å². The Morgan fingerprint density at radius 3 is 2.33 bits per heavy atom. The summed E-state index contributed by atoms with van der Waals surface area (Å²) in [4.78, 5) is 4.58. The van der Waals surface area contributed by atoms with Gasteiger partial charge in [-0.15, -0.1) is 0 Å². The predicted octanol–water partition coefficient (Wildman–Crippen LogP) is -0.387. The van der Waals surface area contributed by atoms with Gasteiger partial charge in [0.25, 0.3) is 0 Å². The van der Waals surface area contributed by atoms with Crippen LogP contribution in [0, 0.1) is 5.41 Å². The standard InChI is InChI=1S/C11H24N2O2/c1-11(8-14,9-15)7-13-5-4-10(6-13)12(2)3/h10,14-15H,4-9H2,1-3H3. The Hall–Kier alpha value is -0.160. The Morgan fingerprint density at radius 2 is 1.93 bits per heavy atom. The molecular formula is C11H24N2O2. The number of aliphatic hydroxyl groups excluding tert-OH is 2. The highest BCUT2D eigenvalue weighted by atomic mass is 16.3. The van der Waals surface area contributed by atoms with E-state index < -0.39 is 0 Å². The number of likely N-dealkylation sites (N-methyl/N-ethyl adjacent to an activating group) is 1.